The Hall–Kier alpha value is -2.79. The molecular weight excluding hydrogens is 376 g/mol. The molecule has 0 radical (unpaired) electrons. The van der Waals surface area contributed by atoms with Crippen LogP contribution in [-0.4, -0.2) is 42.6 Å². The van der Waals surface area contributed by atoms with Crippen molar-refractivity contribution in [1.29, 1.82) is 0 Å². The molecule has 1 atom stereocenters. The summed E-state index contributed by atoms with van der Waals surface area (Å²) in [5, 5.41) is 1.43. The lowest BCUT2D eigenvalue weighted by Crippen LogP contribution is -2.32. The van der Waals surface area contributed by atoms with E-state index in [4.69, 9.17) is 21.1 Å². The zero-order valence-corrected chi connectivity index (χ0v) is 16.4. The first-order chi connectivity index (χ1) is 13.7. The van der Waals surface area contributed by atoms with Crippen LogP contribution in [0, 0.1) is 0 Å². The molecule has 3 aromatic rings. The van der Waals surface area contributed by atoms with Crippen LogP contribution in [0.25, 0.3) is 10.9 Å². The lowest BCUT2D eigenvalue weighted by molar-refractivity contribution is -0.132. The van der Waals surface area contributed by atoms with Crippen LogP contribution in [0.3, 0.4) is 0 Å². The molecule has 5 nitrogen and oxygen atoms in total. The van der Waals surface area contributed by atoms with E-state index in [0.717, 1.165) is 24.1 Å². The average molecular weight is 397 g/mol. The summed E-state index contributed by atoms with van der Waals surface area (Å²) in [6, 6.07) is 15.3. The number of carbonyl (C=O) groups is 1. The van der Waals surface area contributed by atoms with Crippen molar-refractivity contribution in [2.45, 2.75) is 12.3 Å². The van der Waals surface area contributed by atoms with Gasteiger partial charge in [0.25, 0.3) is 5.91 Å². The van der Waals surface area contributed by atoms with E-state index in [1.807, 2.05) is 29.2 Å². The Bertz CT molecular complexity index is 991. The number of halogens is 1. The largest absolute Gasteiger partial charge is 0.497 e. The number of fused-ring (bicyclic) bond motifs is 1. The van der Waals surface area contributed by atoms with Gasteiger partial charge in [-0.3, -0.25) is 9.78 Å². The van der Waals surface area contributed by atoms with Gasteiger partial charge in [-0.1, -0.05) is 23.7 Å². The fraction of sp³-hybridized carbons (Fsp3) is 0.273. The van der Waals surface area contributed by atoms with Crippen LogP contribution in [0.4, 0.5) is 0 Å². The molecule has 144 valence electrons. The maximum atomic E-state index is 12.6. The van der Waals surface area contributed by atoms with Gasteiger partial charge in [0.05, 0.1) is 12.1 Å². The number of methoxy groups -OCH3 is 1. The maximum Gasteiger partial charge on any atom is 0.260 e. The fourth-order valence-electron chi connectivity index (χ4n) is 3.59. The third-order valence-corrected chi connectivity index (χ3v) is 5.49. The van der Waals surface area contributed by atoms with E-state index in [1.54, 1.807) is 25.4 Å². The van der Waals surface area contributed by atoms with Gasteiger partial charge in [-0.15, -0.1) is 0 Å². The van der Waals surface area contributed by atoms with Crippen molar-refractivity contribution in [2.24, 2.45) is 0 Å². The average Bonchev–Trinajstić information content (AvgIpc) is 3.24. The summed E-state index contributed by atoms with van der Waals surface area (Å²) in [4.78, 5) is 18.8. The van der Waals surface area contributed by atoms with Crippen LogP contribution >= 0.6 is 11.6 Å². The van der Waals surface area contributed by atoms with E-state index in [0.29, 0.717) is 28.8 Å². The van der Waals surface area contributed by atoms with Crippen molar-refractivity contribution in [3.05, 3.63) is 65.3 Å². The molecule has 1 saturated heterocycles. The number of amides is 1. The summed E-state index contributed by atoms with van der Waals surface area (Å²) < 4.78 is 11.0. The number of hydrogen-bond acceptors (Lipinski definition) is 4. The molecule has 0 bridgehead atoms. The van der Waals surface area contributed by atoms with Crippen molar-refractivity contribution in [3.63, 3.8) is 0 Å². The van der Waals surface area contributed by atoms with Crippen molar-refractivity contribution >= 4 is 28.4 Å². The zero-order chi connectivity index (χ0) is 19.5. The molecule has 1 aliphatic heterocycles. The second-order valence-electron chi connectivity index (χ2n) is 6.83. The van der Waals surface area contributed by atoms with E-state index in [2.05, 4.69) is 17.1 Å². The van der Waals surface area contributed by atoms with Crippen molar-refractivity contribution in [1.82, 2.24) is 9.88 Å². The first kappa shape index (κ1) is 18.6. The smallest absolute Gasteiger partial charge is 0.260 e. The Morgan fingerprint density at radius 1 is 1.21 bits per heavy atom. The van der Waals surface area contributed by atoms with Gasteiger partial charge in [0.15, 0.2) is 6.61 Å². The van der Waals surface area contributed by atoms with Gasteiger partial charge in [0.1, 0.15) is 17.0 Å². The molecule has 1 fully saturated rings. The first-order valence-electron chi connectivity index (χ1n) is 9.23. The minimum Gasteiger partial charge on any atom is -0.497 e. The first-order valence-corrected chi connectivity index (χ1v) is 9.61. The third kappa shape index (κ3) is 3.76. The molecule has 4 rings (SSSR count). The highest BCUT2D eigenvalue weighted by atomic mass is 35.5. The number of carbonyl (C=O) groups excluding carboxylic acids is 1. The number of aromatic nitrogens is 1. The molecule has 6 heteroatoms. The molecule has 2 aromatic carbocycles. The van der Waals surface area contributed by atoms with Gasteiger partial charge in [0.2, 0.25) is 0 Å². The number of ether oxygens (including phenoxy) is 2. The normalized spacial score (nSPS) is 16.4. The van der Waals surface area contributed by atoms with Gasteiger partial charge in [0, 0.05) is 30.6 Å². The fourth-order valence-corrected chi connectivity index (χ4v) is 3.81. The summed E-state index contributed by atoms with van der Waals surface area (Å²) in [6.45, 7) is 1.43. The molecular formula is C22H21ClN2O3. The molecule has 1 aromatic heterocycles. The van der Waals surface area contributed by atoms with Crippen LogP contribution < -0.4 is 9.47 Å². The van der Waals surface area contributed by atoms with E-state index in [1.165, 1.54) is 5.56 Å². The molecule has 1 aliphatic rings. The highest BCUT2D eigenvalue weighted by molar-refractivity contribution is 6.35. The number of nitrogens with zero attached hydrogens (tertiary/aromatic N) is 2. The molecule has 28 heavy (non-hydrogen) atoms. The van der Waals surface area contributed by atoms with Crippen molar-refractivity contribution in [3.8, 4) is 11.5 Å². The zero-order valence-electron chi connectivity index (χ0n) is 15.6. The van der Waals surface area contributed by atoms with Gasteiger partial charge < -0.3 is 14.4 Å². The number of benzene rings is 2. The standard InChI is InChI=1S/C22H21ClN2O3/c1-27-17-6-4-15(5-7-17)16-10-12-25(13-16)21(26)14-28-20-9-8-19(23)18-3-2-11-24-22(18)20/h2-9,11,16H,10,12-14H2,1H3. The molecule has 0 N–H and O–H groups in total. The predicted octanol–water partition coefficient (Wildman–Crippen LogP) is 4.29. The Balaban J connectivity index is 1.39. The number of hydrogen-bond donors (Lipinski definition) is 0. The quantitative estimate of drug-likeness (QED) is 0.645. The molecule has 0 aliphatic carbocycles. The van der Waals surface area contributed by atoms with Crippen LogP contribution in [0.1, 0.15) is 17.9 Å². The van der Waals surface area contributed by atoms with E-state index in [9.17, 15) is 4.79 Å². The third-order valence-electron chi connectivity index (χ3n) is 5.16. The minimum atomic E-state index is -0.0185. The van der Waals surface area contributed by atoms with Crippen molar-refractivity contribution < 1.29 is 14.3 Å². The molecule has 0 spiro atoms. The number of rotatable bonds is 5. The number of likely N-dealkylation sites (tertiary alicyclic amines) is 1. The second-order valence-corrected chi connectivity index (χ2v) is 7.24. The van der Waals surface area contributed by atoms with E-state index >= 15 is 0 Å². The molecule has 1 unspecified atom stereocenters. The topological polar surface area (TPSA) is 51.7 Å². The minimum absolute atomic E-state index is 0.0113. The van der Waals surface area contributed by atoms with E-state index < -0.39 is 0 Å². The monoisotopic (exact) mass is 396 g/mol. The van der Waals surface area contributed by atoms with E-state index in [-0.39, 0.29) is 12.5 Å². The highest BCUT2D eigenvalue weighted by Crippen LogP contribution is 2.31. The lowest BCUT2D eigenvalue weighted by Gasteiger charge is -2.17. The van der Waals surface area contributed by atoms with Gasteiger partial charge >= 0.3 is 0 Å². The molecule has 1 amide bonds. The van der Waals surface area contributed by atoms with Gasteiger partial charge in [-0.05, 0) is 48.4 Å². The summed E-state index contributed by atoms with van der Waals surface area (Å²) in [7, 11) is 1.66. The summed E-state index contributed by atoms with van der Waals surface area (Å²) in [5.74, 6) is 1.73. The maximum absolute atomic E-state index is 12.6. The Morgan fingerprint density at radius 2 is 2.04 bits per heavy atom. The predicted molar refractivity (Wildman–Crippen MR) is 109 cm³/mol. The van der Waals surface area contributed by atoms with Crippen LogP contribution in [0.2, 0.25) is 5.02 Å². The van der Waals surface area contributed by atoms with Gasteiger partial charge in [-0.2, -0.15) is 0 Å². The lowest BCUT2D eigenvalue weighted by atomic mass is 9.98. The highest BCUT2D eigenvalue weighted by Gasteiger charge is 2.27. The van der Waals surface area contributed by atoms with Crippen LogP contribution in [-0.2, 0) is 4.79 Å². The summed E-state index contributed by atoms with van der Waals surface area (Å²) >= 11 is 6.21. The van der Waals surface area contributed by atoms with Crippen molar-refractivity contribution in [2.75, 3.05) is 26.8 Å². The van der Waals surface area contributed by atoms with Gasteiger partial charge in [-0.25, -0.2) is 0 Å². The molecule has 2 heterocycles. The number of pyridine rings is 1. The Labute approximate surface area is 168 Å². The molecule has 0 saturated carbocycles. The SMILES string of the molecule is COc1ccc(C2CCN(C(=O)COc3ccc(Cl)c4cccnc34)C2)cc1. The second kappa shape index (κ2) is 8.07. The summed E-state index contributed by atoms with van der Waals surface area (Å²) in [5.41, 5.74) is 1.89. The van der Waals surface area contributed by atoms with Crippen LogP contribution in [0.5, 0.6) is 11.5 Å². The Morgan fingerprint density at radius 3 is 2.82 bits per heavy atom. The Kier molecular flexibility index (Phi) is 5.35. The summed E-state index contributed by atoms with van der Waals surface area (Å²) in [6.07, 6.45) is 2.64. The van der Waals surface area contributed by atoms with Crippen LogP contribution in [0.15, 0.2) is 54.7 Å².